The molecule has 0 spiro atoms. The van der Waals surface area contributed by atoms with Gasteiger partial charge in [-0.1, -0.05) is 0 Å². The number of likely N-dealkylation sites (N-methyl/N-ethyl adjacent to an activating group) is 1. The molecule has 0 aromatic carbocycles. The quantitative estimate of drug-likeness (QED) is 0.801. The van der Waals surface area contributed by atoms with Gasteiger partial charge >= 0.3 is 0 Å². The minimum absolute atomic E-state index is 0.106. The highest BCUT2D eigenvalue weighted by Crippen LogP contribution is 2.28. The van der Waals surface area contributed by atoms with E-state index < -0.39 is 0 Å². The number of piperazine rings is 1. The summed E-state index contributed by atoms with van der Waals surface area (Å²) in [5.74, 6) is 1.19. The number of anilines is 1. The highest BCUT2D eigenvalue weighted by molar-refractivity contribution is 6.28. The third kappa shape index (κ3) is 3.28. The van der Waals surface area contributed by atoms with Gasteiger partial charge in [-0.2, -0.15) is 9.97 Å². The molecule has 2 aromatic rings. The molecule has 0 unspecified atom stereocenters. The summed E-state index contributed by atoms with van der Waals surface area (Å²) in [6.07, 6.45) is 3.27. The average molecular weight is 364 g/mol. The molecule has 2 aliphatic rings. The molecule has 2 fully saturated rings. The lowest BCUT2D eigenvalue weighted by atomic mass is 9.95. The highest BCUT2D eigenvalue weighted by atomic mass is 35.5. The van der Waals surface area contributed by atoms with Crippen molar-refractivity contribution < 1.29 is 4.79 Å². The van der Waals surface area contributed by atoms with Gasteiger partial charge in [0, 0.05) is 45.2 Å². The molecule has 0 radical (unpaired) electrons. The standard InChI is InChI=1S/C16H22ClN7O/c1-22-6-8-24(9-7-22)15(25)11-2-4-23(5-3-11)14-12-13(19-10-18-12)20-16(17)21-14/h10-11H,2-9H2,1H3,(H,18,19,20,21). The second-order valence-corrected chi connectivity index (χ2v) is 7.15. The number of carbonyl (C=O) groups excluding carboxylic acids is 1. The van der Waals surface area contributed by atoms with E-state index in [1.165, 1.54) is 0 Å². The number of H-pyrrole nitrogens is 1. The van der Waals surface area contributed by atoms with Crippen molar-refractivity contribution in [3.63, 3.8) is 0 Å². The Kier molecular flexibility index (Phi) is 4.47. The fourth-order valence-corrected chi connectivity index (χ4v) is 3.80. The first-order valence-corrected chi connectivity index (χ1v) is 9.08. The molecule has 2 aromatic heterocycles. The van der Waals surface area contributed by atoms with Crippen LogP contribution in [-0.2, 0) is 4.79 Å². The molecule has 25 heavy (non-hydrogen) atoms. The third-order valence-electron chi connectivity index (χ3n) is 5.20. The molecule has 4 heterocycles. The molecule has 2 saturated heterocycles. The number of piperidine rings is 1. The van der Waals surface area contributed by atoms with Gasteiger partial charge in [-0.3, -0.25) is 4.79 Å². The largest absolute Gasteiger partial charge is 0.355 e. The van der Waals surface area contributed by atoms with E-state index in [2.05, 4.69) is 36.8 Å². The van der Waals surface area contributed by atoms with Crippen molar-refractivity contribution in [1.82, 2.24) is 29.7 Å². The Balaban J connectivity index is 1.42. The van der Waals surface area contributed by atoms with Crippen LogP contribution in [0, 0.1) is 5.92 Å². The number of imidazole rings is 1. The van der Waals surface area contributed by atoms with Crippen LogP contribution in [0.1, 0.15) is 12.8 Å². The molecule has 0 atom stereocenters. The zero-order chi connectivity index (χ0) is 17.4. The van der Waals surface area contributed by atoms with Crippen LogP contribution in [0.4, 0.5) is 5.82 Å². The van der Waals surface area contributed by atoms with E-state index in [4.69, 9.17) is 11.6 Å². The Hall–Kier alpha value is -1.93. The van der Waals surface area contributed by atoms with Gasteiger partial charge in [-0.25, -0.2) is 4.98 Å². The molecule has 9 heteroatoms. The summed E-state index contributed by atoms with van der Waals surface area (Å²) >= 11 is 6.02. The SMILES string of the molecule is CN1CCN(C(=O)C2CCN(c3nc(Cl)nc4nc[nH]c34)CC2)CC1. The first-order valence-electron chi connectivity index (χ1n) is 8.70. The summed E-state index contributed by atoms with van der Waals surface area (Å²) in [5, 5.41) is 0.199. The van der Waals surface area contributed by atoms with E-state index in [1.807, 2.05) is 4.90 Å². The van der Waals surface area contributed by atoms with Crippen LogP contribution in [0.2, 0.25) is 5.28 Å². The van der Waals surface area contributed by atoms with Gasteiger partial charge in [-0.05, 0) is 31.5 Å². The Bertz CT molecular complexity index is 763. The van der Waals surface area contributed by atoms with Crippen molar-refractivity contribution in [1.29, 1.82) is 0 Å². The van der Waals surface area contributed by atoms with E-state index in [-0.39, 0.29) is 11.2 Å². The lowest BCUT2D eigenvalue weighted by molar-refractivity contribution is -0.137. The molecule has 8 nitrogen and oxygen atoms in total. The van der Waals surface area contributed by atoms with Crippen molar-refractivity contribution in [2.75, 3.05) is 51.2 Å². The van der Waals surface area contributed by atoms with Gasteiger partial charge in [0.15, 0.2) is 11.5 Å². The van der Waals surface area contributed by atoms with E-state index in [0.29, 0.717) is 11.6 Å². The maximum absolute atomic E-state index is 12.8. The number of carbonyl (C=O) groups is 1. The summed E-state index contributed by atoms with van der Waals surface area (Å²) < 4.78 is 0. The fourth-order valence-electron chi connectivity index (χ4n) is 3.64. The van der Waals surface area contributed by atoms with Gasteiger partial charge in [0.1, 0.15) is 5.52 Å². The Morgan fingerprint density at radius 2 is 1.88 bits per heavy atom. The van der Waals surface area contributed by atoms with Crippen molar-refractivity contribution in [3.05, 3.63) is 11.6 Å². The topological polar surface area (TPSA) is 81.2 Å². The van der Waals surface area contributed by atoms with Gasteiger partial charge in [0.25, 0.3) is 0 Å². The molecule has 4 rings (SSSR count). The van der Waals surface area contributed by atoms with E-state index in [0.717, 1.165) is 63.4 Å². The normalized spacial score (nSPS) is 20.4. The van der Waals surface area contributed by atoms with Crippen molar-refractivity contribution in [2.45, 2.75) is 12.8 Å². The van der Waals surface area contributed by atoms with Crippen LogP contribution in [0.3, 0.4) is 0 Å². The number of nitrogens with one attached hydrogen (secondary N) is 1. The number of nitrogens with zero attached hydrogens (tertiary/aromatic N) is 6. The van der Waals surface area contributed by atoms with Crippen LogP contribution < -0.4 is 4.90 Å². The van der Waals surface area contributed by atoms with Crippen LogP contribution in [0.25, 0.3) is 11.2 Å². The Labute approximate surface area is 151 Å². The van der Waals surface area contributed by atoms with Gasteiger partial charge < -0.3 is 19.7 Å². The monoisotopic (exact) mass is 363 g/mol. The fraction of sp³-hybridized carbons (Fsp3) is 0.625. The molecule has 134 valence electrons. The predicted octanol–water partition coefficient (Wildman–Crippen LogP) is 0.997. The molecule has 0 aliphatic carbocycles. The second kappa shape index (κ2) is 6.76. The Morgan fingerprint density at radius 1 is 1.16 bits per heavy atom. The summed E-state index contributed by atoms with van der Waals surface area (Å²) in [6, 6.07) is 0. The maximum Gasteiger partial charge on any atom is 0.226 e. The van der Waals surface area contributed by atoms with E-state index in [9.17, 15) is 4.79 Å². The van der Waals surface area contributed by atoms with Gasteiger partial charge in [0.05, 0.1) is 6.33 Å². The summed E-state index contributed by atoms with van der Waals surface area (Å²) in [4.78, 5) is 35.0. The number of aromatic nitrogens is 4. The summed E-state index contributed by atoms with van der Waals surface area (Å²) in [6.45, 7) is 5.17. The number of rotatable bonds is 2. The number of hydrogen-bond acceptors (Lipinski definition) is 6. The Morgan fingerprint density at radius 3 is 2.60 bits per heavy atom. The molecule has 0 bridgehead atoms. The van der Waals surface area contributed by atoms with Gasteiger partial charge in [-0.15, -0.1) is 0 Å². The van der Waals surface area contributed by atoms with E-state index >= 15 is 0 Å². The minimum atomic E-state index is 0.106. The molecule has 1 N–H and O–H groups in total. The average Bonchev–Trinajstić information content (AvgIpc) is 3.09. The maximum atomic E-state index is 12.8. The van der Waals surface area contributed by atoms with Crippen LogP contribution >= 0.6 is 11.6 Å². The highest BCUT2D eigenvalue weighted by Gasteiger charge is 2.31. The number of halogens is 1. The molecule has 0 saturated carbocycles. The molecular weight excluding hydrogens is 342 g/mol. The molecule has 1 amide bonds. The number of hydrogen-bond donors (Lipinski definition) is 1. The number of fused-ring (bicyclic) bond motifs is 1. The lowest BCUT2D eigenvalue weighted by Crippen LogP contribution is -2.50. The summed E-state index contributed by atoms with van der Waals surface area (Å²) in [5.41, 5.74) is 1.37. The van der Waals surface area contributed by atoms with Crippen molar-refractivity contribution in [3.8, 4) is 0 Å². The summed E-state index contributed by atoms with van der Waals surface area (Å²) in [7, 11) is 2.10. The predicted molar refractivity (Wildman–Crippen MR) is 95.7 cm³/mol. The first-order chi connectivity index (χ1) is 12.1. The zero-order valence-electron chi connectivity index (χ0n) is 14.3. The van der Waals surface area contributed by atoms with Gasteiger partial charge in [0.2, 0.25) is 11.2 Å². The lowest BCUT2D eigenvalue weighted by Gasteiger charge is -2.37. The number of amides is 1. The molecular formula is C16H22ClN7O. The van der Waals surface area contributed by atoms with E-state index in [1.54, 1.807) is 6.33 Å². The zero-order valence-corrected chi connectivity index (χ0v) is 15.0. The van der Waals surface area contributed by atoms with Crippen LogP contribution in [0.5, 0.6) is 0 Å². The third-order valence-corrected chi connectivity index (χ3v) is 5.37. The van der Waals surface area contributed by atoms with Crippen molar-refractivity contribution in [2.24, 2.45) is 5.92 Å². The minimum Gasteiger partial charge on any atom is -0.355 e. The number of aromatic amines is 1. The van der Waals surface area contributed by atoms with Crippen molar-refractivity contribution >= 4 is 34.5 Å². The first kappa shape index (κ1) is 16.5. The molecule has 2 aliphatic heterocycles. The second-order valence-electron chi connectivity index (χ2n) is 6.81. The van der Waals surface area contributed by atoms with Crippen LogP contribution in [0.15, 0.2) is 6.33 Å². The van der Waals surface area contributed by atoms with Crippen LogP contribution in [-0.4, -0.2) is 82.0 Å². The smallest absolute Gasteiger partial charge is 0.226 e.